The molecule has 1 aliphatic rings. The molecule has 0 aromatic heterocycles. The number of carbonyl (C=O) groups excluding carboxylic acids is 1. The largest absolute Gasteiger partial charge is 0.331 e. The SMILES string of the molecule is Cc1cc(C(=O)N(Cc2ccc(F)cc2)C2CC2)ccc1[N+](=O)[O-]. The fourth-order valence-electron chi connectivity index (χ4n) is 2.70. The Morgan fingerprint density at radius 1 is 1.25 bits per heavy atom. The number of nitro groups is 1. The minimum atomic E-state index is -0.458. The lowest BCUT2D eigenvalue weighted by molar-refractivity contribution is -0.385. The summed E-state index contributed by atoms with van der Waals surface area (Å²) in [4.78, 5) is 25.0. The summed E-state index contributed by atoms with van der Waals surface area (Å²) in [6, 6.07) is 10.7. The van der Waals surface area contributed by atoms with Gasteiger partial charge in [0.25, 0.3) is 11.6 Å². The molecule has 0 aliphatic heterocycles. The van der Waals surface area contributed by atoms with Crippen LogP contribution in [-0.2, 0) is 6.54 Å². The Bertz CT molecular complexity index is 785. The van der Waals surface area contributed by atoms with Crippen molar-refractivity contribution in [3.8, 4) is 0 Å². The molecule has 1 saturated carbocycles. The maximum absolute atomic E-state index is 13.0. The number of aryl methyl sites for hydroxylation is 1. The molecule has 1 fully saturated rings. The zero-order valence-corrected chi connectivity index (χ0v) is 13.2. The van der Waals surface area contributed by atoms with E-state index in [0.717, 1.165) is 18.4 Å². The van der Waals surface area contributed by atoms with E-state index in [1.165, 1.54) is 24.3 Å². The summed E-state index contributed by atoms with van der Waals surface area (Å²) in [6.07, 6.45) is 1.89. The van der Waals surface area contributed by atoms with E-state index in [1.54, 1.807) is 30.0 Å². The molecular formula is C18H17FN2O3. The van der Waals surface area contributed by atoms with E-state index in [-0.39, 0.29) is 23.5 Å². The van der Waals surface area contributed by atoms with Crippen LogP contribution in [0.15, 0.2) is 42.5 Å². The number of nitrogens with zero attached hydrogens (tertiary/aromatic N) is 2. The Kier molecular flexibility index (Phi) is 4.29. The monoisotopic (exact) mass is 328 g/mol. The fourth-order valence-corrected chi connectivity index (χ4v) is 2.70. The Hall–Kier alpha value is -2.76. The number of rotatable bonds is 5. The van der Waals surface area contributed by atoms with Gasteiger partial charge in [-0.1, -0.05) is 12.1 Å². The molecule has 3 rings (SSSR count). The number of carbonyl (C=O) groups is 1. The standard InChI is InChI=1S/C18H17FN2O3/c1-12-10-14(4-9-17(12)21(23)24)18(22)20(16-7-8-16)11-13-2-5-15(19)6-3-13/h2-6,9-10,16H,7-8,11H2,1H3. The third-order valence-corrected chi connectivity index (χ3v) is 4.16. The highest BCUT2D eigenvalue weighted by atomic mass is 19.1. The van der Waals surface area contributed by atoms with Gasteiger partial charge in [0.1, 0.15) is 5.82 Å². The van der Waals surface area contributed by atoms with Crippen molar-refractivity contribution >= 4 is 11.6 Å². The lowest BCUT2D eigenvalue weighted by Crippen LogP contribution is -2.32. The summed E-state index contributed by atoms with van der Waals surface area (Å²) in [5, 5.41) is 10.9. The second kappa shape index (κ2) is 6.39. The molecule has 1 amide bonds. The van der Waals surface area contributed by atoms with Crippen molar-refractivity contribution < 1.29 is 14.1 Å². The molecule has 2 aromatic carbocycles. The number of amides is 1. The minimum Gasteiger partial charge on any atom is -0.331 e. The van der Waals surface area contributed by atoms with Crippen molar-refractivity contribution in [1.29, 1.82) is 0 Å². The van der Waals surface area contributed by atoms with Gasteiger partial charge in [-0.2, -0.15) is 0 Å². The maximum atomic E-state index is 13.0. The lowest BCUT2D eigenvalue weighted by Gasteiger charge is -2.23. The third kappa shape index (κ3) is 3.42. The zero-order valence-electron chi connectivity index (χ0n) is 13.2. The first-order valence-corrected chi connectivity index (χ1v) is 7.76. The first-order valence-electron chi connectivity index (χ1n) is 7.76. The average molecular weight is 328 g/mol. The Morgan fingerprint density at radius 2 is 1.92 bits per heavy atom. The molecule has 0 heterocycles. The Balaban J connectivity index is 1.83. The van der Waals surface area contributed by atoms with Gasteiger partial charge in [-0.15, -0.1) is 0 Å². The molecule has 0 radical (unpaired) electrons. The molecule has 0 atom stereocenters. The number of hydrogen-bond donors (Lipinski definition) is 0. The average Bonchev–Trinajstić information content (AvgIpc) is 3.38. The van der Waals surface area contributed by atoms with E-state index in [9.17, 15) is 19.3 Å². The van der Waals surface area contributed by atoms with Crippen molar-refractivity contribution in [3.63, 3.8) is 0 Å². The molecule has 124 valence electrons. The highest BCUT2D eigenvalue weighted by Gasteiger charge is 2.33. The van der Waals surface area contributed by atoms with Crippen LogP contribution in [0.3, 0.4) is 0 Å². The van der Waals surface area contributed by atoms with Crippen molar-refractivity contribution in [2.24, 2.45) is 0 Å². The predicted molar refractivity (Wildman–Crippen MR) is 87.1 cm³/mol. The highest BCUT2D eigenvalue weighted by Crippen LogP contribution is 2.30. The highest BCUT2D eigenvalue weighted by molar-refractivity contribution is 5.95. The van der Waals surface area contributed by atoms with Crippen LogP contribution in [0.2, 0.25) is 0 Å². The van der Waals surface area contributed by atoms with Crippen molar-refractivity contribution in [2.45, 2.75) is 32.4 Å². The van der Waals surface area contributed by atoms with Crippen molar-refractivity contribution in [2.75, 3.05) is 0 Å². The van der Waals surface area contributed by atoms with Gasteiger partial charge in [0.15, 0.2) is 0 Å². The van der Waals surface area contributed by atoms with Crippen LogP contribution in [0.5, 0.6) is 0 Å². The van der Waals surface area contributed by atoms with Gasteiger partial charge in [-0.05, 0) is 49.6 Å². The molecule has 0 spiro atoms. The molecular weight excluding hydrogens is 311 g/mol. The van der Waals surface area contributed by atoms with Crippen molar-refractivity contribution in [1.82, 2.24) is 4.90 Å². The number of benzene rings is 2. The van der Waals surface area contributed by atoms with Crippen LogP contribution in [0.25, 0.3) is 0 Å². The van der Waals surface area contributed by atoms with Crippen LogP contribution in [0, 0.1) is 22.9 Å². The lowest BCUT2D eigenvalue weighted by atomic mass is 10.1. The van der Waals surface area contributed by atoms with E-state index in [0.29, 0.717) is 17.7 Å². The van der Waals surface area contributed by atoms with Crippen LogP contribution < -0.4 is 0 Å². The molecule has 5 nitrogen and oxygen atoms in total. The second-order valence-corrected chi connectivity index (χ2v) is 6.05. The van der Waals surface area contributed by atoms with Gasteiger partial charge >= 0.3 is 0 Å². The van der Waals surface area contributed by atoms with Crippen LogP contribution in [0.1, 0.15) is 34.3 Å². The second-order valence-electron chi connectivity index (χ2n) is 6.05. The van der Waals surface area contributed by atoms with Gasteiger partial charge in [-0.3, -0.25) is 14.9 Å². The third-order valence-electron chi connectivity index (χ3n) is 4.16. The number of halogens is 1. The van der Waals surface area contributed by atoms with E-state index in [4.69, 9.17) is 0 Å². The molecule has 2 aromatic rings. The van der Waals surface area contributed by atoms with E-state index < -0.39 is 4.92 Å². The minimum absolute atomic E-state index is 0.00283. The first-order chi connectivity index (χ1) is 11.5. The summed E-state index contributed by atoms with van der Waals surface area (Å²) < 4.78 is 13.0. The molecule has 1 aliphatic carbocycles. The van der Waals surface area contributed by atoms with Gasteiger partial charge in [-0.25, -0.2) is 4.39 Å². The molecule has 6 heteroatoms. The fraction of sp³-hybridized carbons (Fsp3) is 0.278. The molecule has 0 unspecified atom stereocenters. The normalized spacial score (nSPS) is 13.6. The van der Waals surface area contributed by atoms with Crippen LogP contribution >= 0.6 is 0 Å². The first kappa shape index (κ1) is 16.1. The smallest absolute Gasteiger partial charge is 0.272 e. The van der Waals surface area contributed by atoms with Crippen LogP contribution in [-0.4, -0.2) is 21.8 Å². The predicted octanol–water partition coefficient (Wildman–Crippen LogP) is 3.85. The topological polar surface area (TPSA) is 63.5 Å². The quantitative estimate of drug-likeness (QED) is 0.618. The summed E-state index contributed by atoms with van der Waals surface area (Å²) in [5.74, 6) is -0.464. The molecule has 0 N–H and O–H groups in total. The van der Waals surface area contributed by atoms with Crippen molar-refractivity contribution in [3.05, 3.63) is 75.1 Å². The number of nitro benzene ring substituents is 1. The van der Waals surface area contributed by atoms with Gasteiger partial charge < -0.3 is 4.90 Å². The Morgan fingerprint density at radius 3 is 2.46 bits per heavy atom. The molecule has 0 bridgehead atoms. The molecule has 0 saturated heterocycles. The maximum Gasteiger partial charge on any atom is 0.272 e. The summed E-state index contributed by atoms with van der Waals surface area (Å²) >= 11 is 0. The van der Waals surface area contributed by atoms with Crippen LogP contribution in [0.4, 0.5) is 10.1 Å². The summed E-state index contributed by atoms with van der Waals surface area (Å²) in [7, 11) is 0. The summed E-state index contributed by atoms with van der Waals surface area (Å²) in [6.45, 7) is 2.02. The number of hydrogen-bond acceptors (Lipinski definition) is 3. The van der Waals surface area contributed by atoms with E-state index in [2.05, 4.69) is 0 Å². The Labute approximate surface area is 138 Å². The van der Waals surface area contributed by atoms with E-state index in [1.807, 2.05) is 0 Å². The van der Waals surface area contributed by atoms with Gasteiger partial charge in [0, 0.05) is 29.8 Å². The van der Waals surface area contributed by atoms with Gasteiger partial charge in [0.2, 0.25) is 0 Å². The molecule has 24 heavy (non-hydrogen) atoms. The summed E-state index contributed by atoms with van der Waals surface area (Å²) in [5.41, 5.74) is 1.76. The van der Waals surface area contributed by atoms with Gasteiger partial charge in [0.05, 0.1) is 4.92 Å². The zero-order chi connectivity index (χ0) is 17.3. The van der Waals surface area contributed by atoms with E-state index >= 15 is 0 Å².